The summed E-state index contributed by atoms with van der Waals surface area (Å²) < 4.78 is 12.6. The van der Waals surface area contributed by atoms with E-state index in [1.807, 2.05) is 0 Å². The molecule has 0 aromatic carbocycles. The third-order valence-electron chi connectivity index (χ3n) is 13.5. The van der Waals surface area contributed by atoms with Crippen LogP contribution in [0.25, 0.3) is 0 Å². The van der Waals surface area contributed by atoms with Crippen LogP contribution >= 0.6 is 0 Å². The van der Waals surface area contributed by atoms with Crippen LogP contribution in [0.1, 0.15) is 91.9 Å². The molecule has 6 rings (SSSR count). The van der Waals surface area contributed by atoms with Crippen LogP contribution in [-0.4, -0.2) is 61.6 Å². The van der Waals surface area contributed by atoms with Gasteiger partial charge in [0.2, 0.25) is 5.91 Å². The van der Waals surface area contributed by atoms with Gasteiger partial charge in [-0.05, 0) is 81.1 Å². The molecule has 0 spiro atoms. The number of Topliss-reactive ketones (excluding diaryl/α,β-unsaturated/α-hetero) is 1. The van der Waals surface area contributed by atoms with Crippen molar-refractivity contribution in [2.45, 2.75) is 104 Å². The molecule has 1 N–H and O–H groups in total. The molecule has 7 heteroatoms. The highest BCUT2D eigenvalue weighted by atomic mass is 16.6. The summed E-state index contributed by atoms with van der Waals surface area (Å²) in [6.07, 6.45) is 8.94. The summed E-state index contributed by atoms with van der Waals surface area (Å²) in [5.41, 5.74) is -1.02. The SMILES string of the molecule is COC1CCC23CC[C@@H](C)[C@](C)(C12)[C@H](OC(=O)NC(=O)[C@H]1CN2CC[C@@H]1C2)C[C@@](C)(C1CCCC1)C(=O)[C@@H]3C. The standard InChI is InChI=1S/C32H50N2O5/c1-19-10-13-32-14-11-24(38-5)26(32)31(19,4)25(16-30(3,27(35)20(32)2)22-8-6-7-9-22)39-29(37)33-28(36)23-18-34-15-12-21(23)17-34/h19-26H,6-18H2,1-5H3,(H,33,36,37)/t19-,20+,21-,23+,24?,25-,26?,30+,31+,32?/m1/s1. The Morgan fingerprint density at radius 1 is 1.00 bits per heavy atom. The molecule has 2 saturated heterocycles. The summed E-state index contributed by atoms with van der Waals surface area (Å²) in [7, 11) is 1.80. The third-order valence-corrected chi connectivity index (χ3v) is 13.5. The topological polar surface area (TPSA) is 84.9 Å². The summed E-state index contributed by atoms with van der Waals surface area (Å²) in [6, 6.07) is 0. The van der Waals surface area contributed by atoms with Gasteiger partial charge in [-0.3, -0.25) is 14.9 Å². The second kappa shape index (κ2) is 9.82. The number of ketones is 1. The van der Waals surface area contributed by atoms with Crippen molar-refractivity contribution in [2.75, 3.05) is 26.7 Å². The summed E-state index contributed by atoms with van der Waals surface area (Å²) in [4.78, 5) is 43.6. The van der Waals surface area contributed by atoms with Crippen LogP contribution in [0.5, 0.6) is 0 Å². The molecule has 4 bridgehead atoms. The van der Waals surface area contributed by atoms with Crippen LogP contribution in [-0.2, 0) is 19.1 Å². The molecule has 7 nitrogen and oxygen atoms in total. The molecule has 2 aliphatic heterocycles. The van der Waals surface area contributed by atoms with Crippen LogP contribution in [0, 0.1) is 51.8 Å². The number of nitrogens with zero attached hydrogens (tertiary/aromatic N) is 1. The fourth-order valence-corrected chi connectivity index (χ4v) is 11.0. The van der Waals surface area contributed by atoms with Crippen LogP contribution in [0.3, 0.4) is 0 Å². The molecule has 4 unspecified atom stereocenters. The molecular weight excluding hydrogens is 492 g/mol. The third kappa shape index (κ3) is 4.06. The molecule has 4 saturated carbocycles. The molecule has 2 heterocycles. The van der Waals surface area contributed by atoms with Gasteiger partial charge in [0.15, 0.2) is 0 Å². The Kier molecular flexibility index (Phi) is 6.97. The van der Waals surface area contributed by atoms with Crippen molar-refractivity contribution in [3.8, 4) is 0 Å². The summed E-state index contributed by atoms with van der Waals surface area (Å²) in [6.45, 7) is 11.7. The average Bonchev–Trinajstić information content (AvgIpc) is 3.73. The lowest BCUT2D eigenvalue weighted by molar-refractivity contribution is -0.195. The number of alkyl carbamates (subject to hydrolysis) is 1. The maximum absolute atomic E-state index is 14.6. The Labute approximate surface area is 234 Å². The quantitative estimate of drug-likeness (QED) is 0.525. The molecule has 4 aliphatic carbocycles. The first kappa shape index (κ1) is 27.7. The maximum atomic E-state index is 14.6. The number of hydrogen-bond donors (Lipinski definition) is 1. The van der Waals surface area contributed by atoms with Gasteiger partial charge in [0.1, 0.15) is 11.9 Å². The average molecular weight is 543 g/mol. The van der Waals surface area contributed by atoms with Crippen LogP contribution in [0.15, 0.2) is 0 Å². The Bertz CT molecular complexity index is 1010. The number of carbonyl (C=O) groups excluding carboxylic acids is 3. The lowest BCUT2D eigenvalue weighted by Crippen LogP contribution is -2.64. The van der Waals surface area contributed by atoms with Crippen LogP contribution < -0.4 is 5.32 Å². The van der Waals surface area contributed by atoms with Crippen molar-refractivity contribution in [1.29, 1.82) is 0 Å². The first-order valence-corrected chi connectivity index (χ1v) is 15.9. The monoisotopic (exact) mass is 542 g/mol. The summed E-state index contributed by atoms with van der Waals surface area (Å²) in [5, 5.41) is 2.65. The van der Waals surface area contributed by atoms with Crippen molar-refractivity contribution in [1.82, 2.24) is 10.2 Å². The van der Waals surface area contributed by atoms with Crippen molar-refractivity contribution in [3.05, 3.63) is 0 Å². The fraction of sp³-hybridized carbons (Fsp3) is 0.906. The van der Waals surface area contributed by atoms with E-state index in [4.69, 9.17) is 9.47 Å². The molecule has 218 valence electrons. The molecule has 6 fully saturated rings. The van der Waals surface area contributed by atoms with Crippen molar-refractivity contribution in [2.24, 2.45) is 51.8 Å². The maximum Gasteiger partial charge on any atom is 0.414 e. The zero-order chi connectivity index (χ0) is 27.7. The van der Waals surface area contributed by atoms with E-state index in [9.17, 15) is 14.4 Å². The number of ether oxygens (including phenoxy) is 2. The normalized spacial score (nSPS) is 49.4. The van der Waals surface area contributed by atoms with Crippen LogP contribution in [0.4, 0.5) is 4.79 Å². The molecule has 11 atom stereocenters. The number of rotatable bonds is 4. The Hall–Kier alpha value is -1.47. The number of methoxy groups -OCH3 is 1. The van der Waals surface area contributed by atoms with E-state index in [2.05, 4.69) is 37.9 Å². The number of amides is 2. The lowest BCUT2D eigenvalue weighted by atomic mass is 9.43. The van der Waals surface area contributed by atoms with Crippen molar-refractivity contribution in [3.63, 3.8) is 0 Å². The number of carbonyl (C=O) groups is 3. The molecule has 0 radical (unpaired) electrons. The Balaban J connectivity index is 1.35. The zero-order valence-corrected chi connectivity index (χ0v) is 24.8. The second-order valence-electron chi connectivity index (χ2n) is 14.8. The zero-order valence-electron chi connectivity index (χ0n) is 24.8. The summed E-state index contributed by atoms with van der Waals surface area (Å²) >= 11 is 0. The number of hydrogen-bond acceptors (Lipinski definition) is 6. The van der Waals surface area contributed by atoms with Gasteiger partial charge in [-0.25, -0.2) is 4.79 Å². The second-order valence-corrected chi connectivity index (χ2v) is 14.8. The van der Waals surface area contributed by atoms with Gasteiger partial charge in [-0.2, -0.15) is 0 Å². The van der Waals surface area contributed by atoms with E-state index >= 15 is 0 Å². The highest BCUT2D eigenvalue weighted by Crippen LogP contribution is 2.69. The smallest absolute Gasteiger partial charge is 0.414 e. The van der Waals surface area contributed by atoms with E-state index in [1.54, 1.807) is 7.11 Å². The van der Waals surface area contributed by atoms with Gasteiger partial charge in [0.25, 0.3) is 0 Å². The predicted molar refractivity (Wildman–Crippen MR) is 148 cm³/mol. The molecule has 0 aromatic heterocycles. The number of fused-ring (bicyclic) bond motifs is 2. The Morgan fingerprint density at radius 3 is 2.36 bits per heavy atom. The molecule has 39 heavy (non-hydrogen) atoms. The minimum Gasteiger partial charge on any atom is -0.445 e. The van der Waals surface area contributed by atoms with Gasteiger partial charge >= 0.3 is 6.09 Å². The van der Waals surface area contributed by atoms with E-state index in [0.717, 1.165) is 77.4 Å². The molecular formula is C32H50N2O5. The summed E-state index contributed by atoms with van der Waals surface area (Å²) in [5.74, 6) is 1.09. The molecule has 6 aliphatic rings. The molecule has 2 amide bonds. The predicted octanol–water partition coefficient (Wildman–Crippen LogP) is 5.21. The van der Waals surface area contributed by atoms with E-state index < -0.39 is 17.6 Å². The number of nitrogens with one attached hydrogen (secondary N) is 1. The van der Waals surface area contributed by atoms with Gasteiger partial charge in [-0.1, -0.05) is 40.5 Å². The lowest BCUT2D eigenvalue weighted by Gasteiger charge is -2.62. The Morgan fingerprint density at radius 2 is 1.72 bits per heavy atom. The van der Waals surface area contributed by atoms with Gasteiger partial charge < -0.3 is 14.4 Å². The number of imide groups is 1. The minimum atomic E-state index is -0.630. The fourth-order valence-electron chi connectivity index (χ4n) is 11.0. The van der Waals surface area contributed by atoms with Gasteiger partial charge in [0.05, 0.1) is 12.0 Å². The van der Waals surface area contributed by atoms with Crippen molar-refractivity contribution < 1.29 is 23.9 Å². The van der Waals surface area contributed by atoms with E-state index in [1.165, 1.54) is 0 Å². The van der Waals surface area contributed by atoms with E-state index in [-0.39, 0.29) is 40.6 Å². The van der Waals surface area contributed by atoms with Crippen LogP contribution in [0.2, 0.25) is 0 Å². The van der Waals surface area contributed by atoms with Gasteiger partial charge in [0, 0.05) is 42.9 Å². The highest BCUT2D eigenvalue weighted by molar-refractivity contribution is 5.94. The minimum absolute atomic E-state index is 0.0378. The number of piperidine rings is 1. The largest absolute Gasteiger partial charge is 0.445 e. The van der Waals surface area contributed by atoms with Gasteiger partial charge in [-0.15, -0.1) is 0 Å². The van der Waals surface area contributed by atoms with E-state index in [0.29, 0.717) is 30.0 Å². The first-order chi connectivity index (χ1) is 18.5. The van der Waals surface area contributed by atoms with Crippen molar-refractivity contribution >= 4 is 17.8 Å². The highest BCUT2D eigenvalue weighted by Gasteiger charge is 2.69. The first-order valence-electron chi connectivity index (χ1n) is 15.9. The molecule has 0 aromatic rings.